The lowest BCUT2D eigenvalue weighted by molar-refractivity contribution is -0.117. The lowest BCUT2D eigenvalue weighted by Crippen LogP contribution is -2.39. The number of nitrogens with zero attached hydrogens (tertiary/aromatic N) is 1. The summed E-state index contributed by atoms with van der Waals surface area (Å²) in [5.74, 6) is -0.0205. The summed E-state index contributed by atoms with van der Waals surface area (Å²) in [7, 11) is 0. The number of rotatable bonds is 6. The summed E-state index contributed by atoms with van der Waals surface area (Å²) in [5.41, 5.74) is 3.29. The summed E-state index contributed by atoms with van der Waals surface area (Å²) in [6.07, 6.45) is 3.85. The van der Waals surface area contributed by atoms with E-state index >= 15 is 0 Å². The fourth-order valence-corrected chi connectivity index (χ4v) is 4.33. The van der Waals surface area contributed by atoms with E-state index in [1.165, 1.54) is 41.3 Å². The smallest absolute Gasteiger partial charge is 0.241 e. The molecule has 1 amide bonds. The van der Waals surface area contributed by atoms with Gasteiger partial charge in [0, 0.05) is 30.5 Å². The van der Waals surface area contributed by atoms with E-state index in [1.54, 1.807) is 0 Å². The zero-order chi connectivity index (χ0) is 20.9. The van der Waals surface area contributed by atoms with Gasteiger partial charge in [0.1, 0.15) is 0 Å². The van der Waals surface area contributed by atoms with Crippen molar-refractivity contribution in [3.63, 3.8) is 0 Å². The van der Waals surface area contributed by atoms with Crippen molar-refractivity contribution in [1.29, 1.82) is 0 Å². The highest BCUT2D eigenvalue weighted by atomic mass is 16.2. The van der Waals surface area contributed by atoms with Crippen LogP contribution in [0.25, 0.3) is 10.8 Å². The molecule has 0 saturated carbocycles. The summed E-state index contributed by atoms with van der Waals surface area (Å²) in [4.78, 5) is 15.2. The quantitative estimate of drug-likeness (QED) is 0.573. The lowest BCUT2D eigenvalue weighted by Gasteiger charge is -2.29. The summed E-state index contributed by atoms with van der Waals surface area (Å²) in [6.45, 7) is 6.27. The largest absolute Gasteiger partial charge is 0.372 e. The number of piperidine rings is 1. The zero-order valence-corrected chi connectivity index (χ0v) is 17.9. The highest BCUT2D eigenvalue weighted by Crippen LogP contribution is 2.25. The van der Waals surface area contributed by atoms with Crippen molar-refractivity contribution < 1.29 is 4.79 Å². The molecule has 156 valence electrons. The Kier molecular flexibility index (Phi) is 6.34. The molecule has 2 N–H and O–H groups in total. The topological polar surface area (TPSA) is 44.4 Å². The number of carbonyl (C=O) groups is 1. The maximum absolute atomic E-state index is 12.7. The van der Waals surface area contributed by atoms with Crippen LogP contribution < -0.4 is 15.5 Å². The van der Waals surface area contributed by atoms with Crippen molar-refractivity contribution in [3.8, 4) is 0 Å². The second-order valence-electron chi connectivity index (χ2n) is 8.26. The molecular formula is C26H31N3O. The average molecular weight is 402 g/mol. The number of fused-ring (bicyclic) bond motifs is 1. The van der Waals surface area contributed by atoms with E-state index < -0.39 is 0 Å². The van der Waals surface area contributed by atoms with E-state index in [0.717, 1.165) is 18.8 Å². The van der Waals surface area contributed by atoms with Gasteiger partial charge in [0.2, 0.25) is 5.91 Å². The fourth-order valence-electron chi connectivity index (χ4n) is 4.33. The summed E-state index contributed by atoms with van der Waals surface area (Å²) < 4.78 is 0. The predicted molar refractivity (Wildman–Crippen MR) is 126 cm³/mol. The third kappa shape index (κ3) is 4.65. The number of hydrogen-bond donors (Lipinski definition) is 2. The van der Waals surface area contributed by atoms with Gasteiger partial charge in [0.15, 0.2) is 0 Å². The van der Waals surface area contributed by atoms with Crippen LogP contribution >= 0.6 is 0 Å². The van der Waals surface area contributed by atoms with E-state index in [0.29, 0.717) is 0 Å². The van der Waals surface area contributed by atoms with Crippen LogP contribution in [0.3, 0.4) is 0 Å². The molecule has 0 radical (unpaired) electrons. The molecule has 4 rings (SSSR count). The van der Waals surface area contributed by atoms with Crippen molar-refractivity contribution in [2.24, 2.45) is 0 Å². The SMILES string of the molecule is C[C@@H](N[C@H](C)c1cccc2ccccc12)C(=O)Nc1ccc(N2CCCCC2)cc1. The molecule has 30 heavy (non-hydrogen) atoms. The molecule has 0 aromatic heterocycles. The Bertz CT molecular complexity index is 987. The predicted octanol–water partition coefficient (Wildman–Crippen LogP) is 5.51. The van der Waals surface area contributed by atoms with Crippen LogP contribution in [0.2, 0.25) is 0 Å². The molecule has 1 aliphatic rings. The Balaban J connectivity index is 1.37. The minimum atomic E-state index is -0.305. The normalized spacial score (nSPS) is 16.3. The Morgan fingerprint density at radius 2 is 1.57 bits per heavy atom. The third-order valence-corrected chi connectivity index (χ3v) is 6.04. The molecule has 3 aromatic rings. The maximum Gasteiger partial charge on any atom is 0.241 e. The van der Waals surface area contributed by atoms with E-state index in [2.05, 4.69) is 77.1 Å². The standard InChI is InChI=1S/C26H31N3O/c1-19(24-12-8-10-21-9-4-5-11-25(21)24)27-20(2)26(30)28-22-13-15-23(16-14-22)29-17-6-3-7-18-29/h4-5,8-16,19-20,27H,3,6-7,17-18H2,1-2H3,(H,28,30)/t19-,20-/m1/s1. The fraction of sp³-hybridized carbons (Fsp3) is 0.346. The Labute approximate surface area is 179 Å². The maximum atomic E-state index is 12.7. The minimum Gasteiger partial charge on any atom is -0.372 e. The van der Waals surface area contributed by atoms with E-state index in [-0.39, 0.29) is 18.0 Å². The molecule has 4 nitrogen and oxygen atoms in total. The molecule has 1 aliphatic heterocycles. The number of amides is 1. The molecule has 4 heteroatoms. The first-order valence-electron chi connectivity index (χ1n) is 11.0. The number of carbonyl (C=O) groups excluding carboxylic acids is 1. The zero-order valence-electron chi connectivity index (χ0n) is 17.9. The van der Waals surface area contributed by atoms with Gasteiger partial charge in [-0.25, -0.2) is 0 Å². The molecular weight excluding hydrogens is 370 g/mol. The number of hydrogen-bond acceptors (Lipinski definition) is 3. The second kappa shape index (κ2) is 9.31. The van der Waals surface area contributed by atoms with Crippen molar-refractivity contribution in [1.82, 2.24) is 5.32 Å². The van der Waals surface area contributed by atoms with Crippen LogP contribution in [-0.2, 0) is 4.79 Å². The van der Waals surface area contributed by atoms with Gasteiger partial charge in [-0.2, -0.15) is 0 Å². The number of nitrogens with one attached hydrogen (secondary N) is 2. The van der Waals surface area contributed by atoms with Crippen LogP contribution in [0.15, 0.2) is 66.7 Å². The van der Waals surface area contributed by atoms with Gasteiger partial charge >= 0.3 is 0 Å². The molecule has 0 spiro atoms. The third-order valence-electron chi connectivity index (χ3n) is 6.04. The number of anilines is 2. The summed E-state index contributed by atoms with van der Waals surface area (Å²) in [5, 5.41) is 8.94. The molecule has 3 aromatic carbocycles. The summed E-state index contributed by atoms with van der Waals surface area (Å²) >= 11 is 0. The molecule has 0 unspecified atom stereocenters. The average Bonchev–Trinajstić information content (AvgIpc) is 2.79. The van der Waals surface area contributed by atoms with Gasteiger partial charge in [-0.05, 0) is 73.7 Å². The van der Waals surface area contributed by atoms with Gasteiger partial charge in [0.25, 0.3) is 0 Å². The van der Waals surface area contributed by atoms with Gasteiger partial charge in [0.05, 0.1) is 6.04 Å². The second-order valence-corrected chi connectivity index (χ2v) is 8.26. The molecule has 2 atom stereocenters. The Morgan fingerprint density at radius 3 is 2.33 bits per heavy atom. The van der Waals surface area contributed by atoms with Gasteiger partial charge < -0.3 is 10.2 Å². The van der Waals surface area contributed by atoms with Gasteiger partial charge in [-0.15, -0.1) is 0 Å². The lowest BCUT2D eigenvalue weighted by atomic mass is 9.99. The van der Waals surface area contributed by atoms with Crippen LogP contribution in [0.4, 0.5) is 11.4 Å². The first-order chi connectivity index (χ1) is 14.6. The first kappa shape index (κ1) is 20.4. The van der Waals surface area contributed by atoms with Crippen LogP contribution in [-0.4, -0.2) is 25.0 Å². The van der Waals surface area contributed by atoms with E-state index in [9.17, 15) is 4.79 Å². The highest BCUT2D eigenvalue weighted by Gasteiger charge is 2.18. The highest BCUT2D eigenvalue weighted by molar-refractivity contribution is 5.94. The Hall–Kier alpha value is -2.85. The van der Waals surface area contributed by atoms with Gasteiger partial charge in [-0.1, -0.05) is 42.5 Å². The number of benzene rings is 3. The monoisotopic (exact) mass is 401 g/mol. The van der Waals surface area contributed by atoms with Crippen molar-refractivity contribution in [3.05, 3.63) is 72.3 Å². The molecule has 1 saturated heterocycles. The molecule has 0 aliphatic carbocycles. The van der Waals surface area contributed by atoms with Crippen LogP contribution in [0.5, 0.6) is 0 Å². The van der Waals surface area contributed by atoms with Crippen molar-refractivity contribution in [2.45, 2.75) is 45.2 Å². The van der Waals surface area contributed by atoms with Crippen molar-refractivity contribution in [2.75, 3.05) is 23.3 Å². The van der Waals surface area contributed by atoms with E-state index in [4.69, 9.17) is 0 Å². The van der Waals surface area contributed by atoms with Crippen LogP contribution in [0, 0.1) is 0 Å². The summed E-state index contributed by atoms with van der Waals surface area (Å²) in [6, 6.07) is 22.7. The molecule has 1 heterocycles. The van der Waals surface area contributed by atoms with E-state index in [1.807, 2.05) is 19.1 Å². The minimum absolute atomic E-state index is 0.0205. The first-order valence-corrected chi connectivity index (χ1v) is 11.0. The van der Waals surface area contributed by atoms with Crippen LogP contribution in [0.1, 0.15) is 44.7 Å². The van der Waals surface area contributed by atoms with Crippen molar-refractivity contribution >= 4 is 28.1 Å². The molecule has 1 fully saturated rings. The molecule has 0 bridgehead atoms. The van der Waals surface area contributed by atoms with Gasteiger partial charge in [-0.3, -0.25) is 10.1 Å². The Morgan fingerprint density at radius 1 is 0.867 bits per heavy atom.